The Balaban J connectivity index is 1.68. The fraction of sp³-hybridized carbons (Fsp3) is 0.160. The number of aliphatic hydroxyl groups is 1. The first kappa shape index (κ1) is 17.5. The summed E-state index contributed by atoms with van der Waals surface area (Å²) < 4.78 is 12.3. The second kappa shape index (κ2) is 6.80. The van der Waals surface area contributed by atoms with Gasteiger partial charge in [-0.1, -0.05) is 78.9 Å². The van der Waals surface area contributed by atoms with Crippen LogP contribution in [0, 0.1) is 11.3 Å². The van der Waals surface area contributed by atoms with E-state index in [1.807, 2.05) is 84.9 Å². The molecule has 0 fully saturated rings. The van der Waals surface area contributed by atoms with Gasteiger partial charge in [-0.25, -0.2) is 0 Å². The normalized spacial score (nSPS) is 25.1. The number of nitrogens with zero attached hydrogens (tertiary/aromatic N) is 1. The Morgan fingerprint density at radius 3 is 2.21 bits per heavy atom. The van der Waals surface area contributed by atoms with Crippen molar-refractivity contribution >= 4 is 5.57 Å². The minimum atomic E-state index is -1.33. The van der Waals surface area contributed by atoms with Gasteiger partial charge in [-0.15, -0.1) is 0 Å². The van der Waals surface area contributed by atoms with Gasteiger partial charge in [0.1, 0.15) is 11.8 Å². The van der Waals surface area contributed by atoms with Crippen LogP contribution in [0.15, 0.2) is 90.7 Å². The smallest absolute Gasteiger partial charge is 0.283 e. The third-order valence-electron chi connectivity index (χ3n) is 5.66. The minimum Gasteiger partial charge on any atom is -0.449 e. The molecule has 5 rings (SSSR count). The number of hydrogen-bond acceptors (Lipinski definition) is 4. The molecule has 2 aliphatic heterocycles. The molecule has 2 heterocycles. The van der Waals surface area contributed by atoms with E-state index in [4.69, 9.17) is 9.47 Å². The zero-order chi connectivity index (χ0) is 19.8. The average molecular weight is 381 g/mol. The summed E-state index contributed by atoms with van der Waals surface area (Å²) in [6, 6.07) is 29.4. The van der Waals surface area contributed by atoms with Crippen LogP contribution in [0.2, 0.25) is 0 Å². The van der Waals surface area contributed by atoms with Gasteiger partial charge in [0.25, 0.3) is 5.79 Å². The molecule has 0 unspecified atom stereocenters. The first-order valence-electron chi connectivity index (χ1n) is 9.61. The molecule has 3 atom stereocenters. The third kappa shape index (κ3) is 2.79. The van der Waals surface area contributed by atoms with Crippen LogP contribution in [0.4, 0.5) is 0 Å². The quantitative estimate of drug-likeness (QED) is 0.682. The number of para-hydroxylation sites is 1. The predicted octanol–water partition coefficient (Wildman–Crippen LogP) is 4.95. The maximum absolute atomic E-state index is 11.1. The summed E-state index contributed by atoms with van der Waals surface area (Å²) in [4.78, 5) is 0. The van der Waals surface area contributed by atoms with Crippen molar-refractivity contribution in [2.75, 3.05) is 0 Å². The van der Waals surface area contributed by atoms with Crippen LogP contribution in [0.3, 0.4) is 0 Å². The Kier molecular flexibility index (Phi) is 4.12. The largest absolute Gasteiger partial charge is 0.449 e. The number of rotatable bonds is 2. The number of fused-ring (bicyclic) bond motifs is 1. The molecule has 142 valence electrons. The highest BCUT2D eigenvalue weighted by Gasteiger charge is 2.55. The molecule has 0 bridgehead atoms. The minimum absolute atomic E-state index is 0.161. The van der Waals surface area contributed by atoms with Gasteiger partial charge < -0.3 is 14.6 Å². The lowest BCUT2D eigenvalue weighted by Crippen LogP contribution is -2.45. The van der Waals surface area contributed by atoms with E-state index in [1.54, 1.807) is 0 Å². The van der Waals surface area contributed by atoms with Gasteiger partial charge in [0.05, 0.1) is 0 Å². The molecule has 0 radical (unpaired) electrons. The summed E-state index contributed by atoms with van der Waals surface area (Å²) in [5.74, 6) is -0.713. The lowest BCUT2D eigenvalue weighted by atomic mass is 9.78. The predicted molar refractivity (Wildman–Crippen MR) is 109 cm³/mol. The van der Waals surface area contributed by atoms with Gasteiger partial charge in [-0.05, 0) is 17.2 Å². The second-order valence-corrected chi connectivity index (χ2v) is 7.34. The van der Waals surface area contributed by atoms with Crippen LogP contribution < -0.4 is 4.74 Å². The summed E-state index contributed by atoms with van der Waals surface area (Å²) in [6.07, 6.45) is -0.590. The summed E-state index contributed by atoms with van der Waals surface area (Å²) in [7, 11) is 0. The highest BCUT2D eigenvalue weighted by molar-refractivity contribution is 5.76. The van der Waals surface area contributed by atoms with Gasteiger partial charge in [0, 0.05) is 23.5 Å². The zero-order valence-electron chi connectivity index (χ0n) is 15.7. The monoisotopic (exact) mass is 381 g/mol. The number of hydrogen-bond donors (Lipinski definition) is 1. The van der Waals surface area contributed by atoms with E-state index in [-0.39, 0.29) is 11.7 Å². The number of aliphatic hydroxyl groups excluding tert-OH is 1. The summed E-state index contributed by atoms with van der Waals surface area (Å²) in [5.41, 5.74) is 3.47. The number of allylic oxidation sites excluding steroid dienone is 2. The van der Waals surface area contributed by atoms with Crippen molar-refractivity contribution in [3.63, 3.8) is 0 Å². The molecule has 2 aliphatic rings. The summed E-state index contributed by atoms with van der Waals surface area (Å²) >= 11 is 0. The Hall–Kier alpha value is -3.55. The molecule has 0 saturated carbocycles. The molecule has 29 heavy (non-hydrogen) atoms. The van der Waals surface area contributed by atoms with Crippen molar-refractivity contribution in [2.24, 2.45) is 0 Å². The fourth-order valence-corrected chi connectivity index (χ4v) is 4.33. The van der Waals surface area contributed by atoms with Crippen molar-refractivity contribution in [3.8, 4) is 11.8 Å². The number of benzene rings is 3. The molecule has 3 aromatic rings. The SMILES string of the molecule is N#CC1=C(c2ccccc2)[C@H](c2ccccc2)C[C@@]2(O1)Oc1ccccc1[C@@H]2O. The molecule has 3 aromatic carbocycles. The van der Waals surface area contributed by atoms with Crippen LogP contribution in [-0.4, -0.2) is 10.9 Å². The Morgan fingerprint density at radius 2 is 1.52 bits per heavy atom. The van der Waals surface area contributed by atoms with Crippen LogP contribution in [0.5, 0.6) is 5.75 Å². The van der Waals surface area contributed by atoms with Gasteiger partial charge in [-0.2, -0.15) is 5.26 Å². The first-order valence-corrected chi connectivity index (χ1v) is 9.61. The summed E-state index contributed by atoms with van der Waals surface area (Å²) in [6.45, 7) is 0. The molecule has 1 spiro atoms. The molecule has 0 aliphatic carbocycles. The average Bonchev–Trinajstić information content (AvgIpc) is 3.05. The van der Waals surface area contributed by atoms with Gasteiger partial charge in [0.2, 0.25) is 5.76 Å². The van der Waals surface area contributed by atoms with Crippen LogP contribution in [0.1, 0.15) is 35.1 Å². The van der Waals surface area contributed by atoms with Crippen molar-refractivity contribution in [1.29, 1.82) is 5.26 Å². The Morgan fingerprint density at radius 1 is 0.862 bits per heavy atom. The van der Waals surface area contributed by atoms with Crippen molar-refractivity contribution in [1.82, 2.24) is 0 Å². The summed E-state index contributed by atoms with van der Waals surface area (Å²) in [5, 5.41) is 21.1. The van der Waals surface area contributed by atoms with E-state index >= 15 is 0 Å². The number of nitriles is 1. The lowest BCUT2D eigenvalue weighted by molar-refractivity contribution is -0.209. The highest BCUT2D eigenvalue weighted by atomic mass is 16.7. The van der Waals surface area contributed by atoms with E-state index < -0.39 is 11.9 Å². The van der Waals surface area contributed by atoms with Crippen molar-refractivity contribution in [3.05, 3.63) is 107 Å². The van der Waals surface area contributed by atoms with E-state index in [0.29, 0.717) is 17.7 Å². The van der Waals surface area contributed by atoms with E-state index in [1.165, 1.54) is 0 Å². The van der Waals surface area contributed by atoms with Crippen molar-refractivity contribution in [2.45, 2.75) is 24.2 Å². The van der Waals surface area contributed by atoms with E-state index in [0.717, 1.165) is 16.7 Å². The van der Waals surface area contributed by atoms with Gasteiger partial charge in [0.15, 0.2) is 6.10 Å². The Labute approximate surface area is 169 Å². The molecule has 0 saturated heterocycles. The third-order valence-corrected chi connectivity index (χ3v) is 5.66. The van der Waals surface area contributed by atoms with Gasteiger partial charge in [-0.3, -0.25) is 0 Å². The first-order chi connectivity index (χ1) is 14.2. The fourth-order valence-electron chi connectivity index (χ4n) is 4.33. The molecule has 0 aromatic heterocycles. The van der Waals surface area contributed by atoms with Crippen LogP contribution in [-0.2, 0) is 4.74 Å². The second-order valence-electron chi connectivity index (χ2n) is 7.34. The van der Waals surface area contributed by atoms with Crippen LogP contribution >= 0.6 is 0 Å². The van der Waals surface area contributed by atoms with Gasteiger partial charge >= 0.3 is 0 Å². The maximum Gasteiger partial charge on any atom is 0.283 e. The molecular formula is C25H19NO3. The standard InChI is InChI=1S/C25H19NO3/c26-16-22-23(18-11-5-2-6-12-18)20(17-9-3-1-4-10-17)15-25(29-22)24(27)19-13-7-8-14-21(19)28-25/h1-14,20,24,27H,15H2/t20-,24-,25-/m0/s1. The zero-order valence-corrected chi connectivity index (χ0v) is 15.7. The molecule has 0 amide bonds. The number of ether oxygens (including phenoxy) is 2. The molecule has 1 N–H and O–H groups in total. The van der Waals surface area contributed by atoms with E-state index in [9.17, 15) is 10.4 Å². The lowest BCUT2D eigenvalue weighted by Gasteiger charge is -2.40. The molecule has 4 nitrogen and oxygen atoms in total. The van der Waals surface area contributed by atoms with Crippen LogP contribution in [0.25, 0.3) is 5.57 Å². The molecule has 4 heteroatoms. The van der Waals surface area contributed by atoms with Crippen molar-refractivity contribution < 1.29 is 14.6 Å². The maximum atomic E-state index is 11.1. The Bertz CT molecular complexity index is 1120. The highest BCUT2D eigenvalue weighted by Crippen LogP contribution is 2.54. The van der Waals surface area contributed by atoms with E-state index in [2.05, 4.69) is 6.07 Å². The molecular weight excluding hydrogens is 362 g/mol. The topological polar surface area (TPSA) is 62.5 Å².